The second-order valence-corrected chi connectivity index (χ2v) is 2.10. The Morgan fingerprint density at radius 3 is 2.80 bits per heavy atom. The SMILES string of the molecule is CC#CCCOCC(C)O. The molecule has 0 fully saturated rings. The Morgan fingerprint density at radius 2 is 2.30 bits per heavy atom. The lowest BCUT2D eigenvalue weighted by atomic mass is 10.4. The van der Waals surface area contributed by atoms with E-state index in [1.165, 1.54) is 0 Å². The Hall–Kier alpha value is -0.520. The summed E-state index contributed by atoms with van der Waals surface area (Å²) in [6, 6.07) is 0. The Morgan fingerprint density at radius 1 is 1.60 bits per heavy atom. The van der Waals surface area contributed by atoms with Gasteiger partial charge in [0.05, 0.1) is 19.3 Å². The lowest BCUT2D eigenvalue weighted by molar-refractivity contribution is 0.0490. The zero-order valence-corrected chi connectivity index (χ0v) is 6.55. The van der Waals surface area contributed by atoms with Crippen molar-refractivity contribution in [1.82, 2.24) is 0 Å². The highest BCUT2D eigenvalue weighted by Gasteiger charge is 1.92. The normalized spacial score (nSPS) is 11.9. The smallest absolute Gasteiger partial charge is 0.0745 e. The molecular weight excluding hydrogens is 128 g/mol. The van der Waals surface area contributed by atoms with E-state index in [4.69, 9.17) is 9.84 Å². The predicted octanol–water partition coefficient (Wildman–Crippen LogP) is 0.797. The van der Waals surface area contributed by atoms with Crippen molar-refractivity contribution in [1.29, 1.82) is 0 Å². The molecule has 2 nitrogen and oxygen atoms in total. The van der Waals surface area contributed by atoms with Crippen molar-refractivity contribution >= 4 is 0 Å². The highest BCUT2D eigenvalue weighted by atomic mass is 16.5. The van der Waals surface area contributed by atoms with E-state index < -0.39 is 0 Å². The third-order valence-electron chi connectivity index (χ3n) is 0.907. The van der Waals surface area contributed by atoms with Gasteiger partial charge in [0, 0.05) is 6.42 Å². The Kier molecular flexibility index (Phi) is 6.25. The first kappa shape index (κ1) is 9.48. The molecule has 0 bridgehead atoms. The summed E-state index contributed by atoms with van der Waals surface area (Å²) in [6.45, 7) is 4.53. The van der Waals surface area contributed by atoms with Crippen LogP contribution < -0.4 is 0 Å². The van der Waals surface area contributed by atoms with E-state index in [1.807, 2.05) is 0 Å². The first-order chi connectivity index (χ1) is 4.77. The lowest BCUT2D eigenvalue weighted by Gasteiger charge is -2.02. The third-order valence-corrected chi connectivity index (χ3v) is 0.907. The number of hydrogen-bond acceptors (Lipinski definition) is 2. The number of aliphatic hydroxyl groups is 1. The largest absolute Gasteiger partial charge is 0.391 e. The second-order valence-electron chi connectivity index (χ2n) is 2.10. The van der Waals surface area contributed by atoms with E-state index in [2.05, 4.69) is 11.8 Å². The average molecular weight is 142 g/mol. The fraction of sp³-hybridized carbons (Fsp3) is 0.750. The molecule has 0 aliphatic rings. The summed E-state index contributed by atoms with van der Waals surface area (Å²) in [7, 11) is 0. The molecule has 0 saturated carbocycles. The molecule has 0 aliphatic carbocycles. The van der Waals surface area contributed by atoms with Gasteiger partial charge in [0.15, 0.2) is 0 Å². The minimum absolute atomic E-state index is 0.366. The zero-order chi connectivity index (χ0) is 7.82. The molecule has 0 heterocycles. The number of hydrogen-bond donors (Lipinski definition) is 1. The molecular formula is C8H14O2. The fourth-order valence-corrected chi connectivity index (χ4v) is 0.502. The zero-order valence-electron chi connectivity index (χ0n) is 6.55. The maximum Gasteiger partial charge on any atom is 0.0745 e. The molecule has 0 aromatic rings. The summed E-state index contributed by atoms with van der Waals surface area (Å²) in [6.07, 6.45) is 0.387. The molecule has 58 valence electrons. The van der Waals surface area contributed by atoms with Gasteiger partial charge in [-0.05, 0) is 13.8 Å². The molecule has 0 aromatic carbocycles. The molecule has 1 N–H and O–H groups in total. The van der Waals surface area contributed by atoms with Crippen LogP contribution >= 0.6 is 0 Å². The van der Waals surface area contributed by atoms with Crippen LogP contribution in [0.1, 0.15) is 20.3 Å². The monoisotopic (exact) mass is 142 g/mol. The molecule has 10 heavy (non-hydrogen) atoms. The minimum atomic E-state index is -0.366. The maximum absolute atomic E-state index is 8.75. The third kappa shape index (κ3) is 7.48. The summed E-state index contributed by atoms with van der Waals surface area (Å²) in [5.74, 6) is 5.63. The van der Waals surface area contributed by atoms with Gasteiger partial charge in [-0.25, -0.2) is 0 Å². The quantitative estimate of drug-likeness (QED) is 0.464. The molecule has 1 atom stereocenters. The number of aliphatic hydroxyl groups excluding tert-OH is 1. The average Bonchev–Trinajstić information content (AvgIpc) is 1.87. The molecule has 0 saturated heterocycles. The van der Waals surface area contributed by atoms with Crippen LogP contribution in [-0.4, -0.2) is 24.4 Å². The predicted molar refractivity (Wildman–Crippen MR) is 40.6 cm³/mol. The van der Waals surface area contributed by atoms with Gasteiger partial charge in [-0.2, -0.15) is 0 Å². The van der Waals surface area contributed by atoms with Gasteiger partial charge in [0.2, 0.25) is 0 Å². The van der Waals surface area contributed by atoms with Crippen molar-refractivity contribution in [3.8, 4) is 11.8 Å². The molecule has 0 radical (unpaired) electrons. The Bertz CT molecular complexity index is 119. The molecule has 2 heteroatoms. The van der Waals surface area contributed by atoms with E-state index in [-0.39, 0.29) is 6.10 Å². The van der Waals surface area contributed by atoms with Crippen molar-refractivity contribution in [2.24, 2.45) is 0 Å². The van der Waals surface area contributed by atoms with Crippen LogP contribution in [-0.2, 0) is 4.74 Å². The van der Waals surface area contributed by atoms with E-state index in [9.17, 15) is 0 Å². The van der Waals surface area contributed by atoms with E-state index in [1.54, 1.807) is 13.8 Å². The summed E-state index contributed by atoms with van der Waals surface area (Å²) >= 11 is 0. The van der Waals surface area contributed by atoms with Crippen molar-refractivity contribution in [3.05, 3.63) is 0 Å². The van der Waals surface area contributed by atoms with Crippen LogP contribution in [0.25, 0.3) is 0 Å². The fourth-order valence-electron chi connectivity index (χ4n) is 0.502. The molecule has 1 unspecified atom stereocenters. The number of ether oxygens (including phenoxy) is 1. The van der Waals surface area contributed by atoms with Crippen LogP contribution in [0.15, 0.2) is 0 Å². The Labute approximate surface area is 62.2 Å². The van der Waals surface area contributed by atoms with Crippen molar-refractivity contribution in [3.63, 3.8) is 0 Å². The maximum atomic E-state index is 8.75. The minimum Gasteiger partial charge on any atom is -0.391 e. The molecule has 0 spiro atoms. The van der Waals surface area contributed by atoms with Crippen LogP contribution in [0.3, 0.4) is 0 Å². The first-order valence-corrected chi connectivity index (χ1v) is 3.42. The van der Waals surface area contributed by atoms with Gasteiger partial charge in [-0.1, -0.05) is 0 Å². The molecule has 0 amide bonds. The summed E-state index contributed by atoms with van der Waals surface area (Å²) in [5.41, 5.74) is 0. The van der Waals surface area contributed by atoms with Gasteiger partial charge >= 0.3 is 0 Å². The summed E-state index contributed by atoms with van der Waals surface area (Å²) in [5, 5.41) is 8.75. The van der Waals surface area contributed by atoms with Gasteiger partial charge < -0.3 is 9.84 Å². The van der Waals surface area contributed by atoms with E-state index in [0.717, 1.165) is 6.42 Å². The van der Waals surface area contributed by atoms with Crippen molar-refractivity contribution in [2.75, 3.05) is 13.2 Å². The highest BCUT2D eigenvalue weighted by Crippen LogP contribution is 1.84. The topological polar surface area (TPSA) is 29.5 Å². The van der Waals surface area contributed by atoms with Crippen LogP contribution in [0.2, 0.25) is 0 Å². The van der Waals surface area contributed by atoms with Gasteiger partial charge in [0.25, 0.3) is 0 Å². The van der Waals surface area contributed by atoms with Crippen molar-refractivity contribution in [2.45, 2.75) is 26.4 Å². The second kappa shape index (κ2) is 6.60. The highest BCUT2D eigenvalue weighted by molar-refractivity contribution is 4.94. The molecule has 0 rings (SSSR count). The lowest BCUT2D eigenvalue weighted by Crippen LogP contribution is -2.10. The van der Waals surface area contributed by atoms with Crippen LogP contribution in [0, 0.1) is 11.8 Å². The van der Waals surface area contributed by atoms with Crippen LogP contribution in [0.5, 0.6) is 0 Å². The number of rotatable bonds is 4. The van der Waals surface area contributed by atoms with Gasteiger partial charge in [-0.15, -0.1) is 11.8 Å². The van der Waals surface area contributed by atoms with Gasteiger partial charge in [-0.3, -0.25) is 0 Å². The van der Waals surface area contributed by atoms with E-state index >= 15 is 0 Å². The standard InChI is InChI=1S/C8H14O2/c1-3-4-5-6-10-7-8(2)9/h8-9H,5-7H2,1-2H3. The van der Waals surface area contributed by atoms with Crippen molar-refractivity contribution < 1.29 is 9.84 Å². The van der Waals surface area contributed by atoms with Gasteiger partial charge in [0.1, 0.15) is 0 Å². The molecule has 0 aromatic heterocycles. The first-order valence-electron chi connectivity index (χ1n) is 3.42. The molecule has 0 aliphatic heterocycles. The van der Waals surface area contributed by atoms with E-state index in [0.29, 0.717) is 13.2 Å². The summed E-state index contributed by atoms with van der Waals surface area (Å²) < 4.78 is 5.04. The Balaban J connectivity index is 2.96. The summed E-state index contributed by atoms with van der Waals surface area (Å²) in [4.78, 5) is 0. The van der Waals surface area contributed by atoms with Crippen LogP contribution in [0.4, 0.5) is 0 Å².